The van der Waals surface area contributed by atoms with Gasteiger partial charge in [0.2, 0.25) is 10.0 Å². The van der Waals surface area contributed by atoms with Gasteiger partial charge in [0.15, 0.2) is 0 Å². The molecule has 0 radical (unpaired) electrons. The van der Waals surface area contributed by atoms with Crippen LogP contribution >= 0.6 is 0 Å². The van der Waals surface area contributed by atoms with E-state index in [2.05, 4.69) is 16.6 Å². The van der Waals surface area contributed by atoms with E-state index in [-0.39, 0.29) is 17.0 Å². The SMILES string of the molecule is COc1cccc(S(=O)(=O)NCC#Cc2cccc(C(F)(F)F)c2)c1. The molecule has 0 saturated carbocycles. The molecule has 0 aliphatic rings. The molecule has 0 bridgehead atoms. The summed E-state index contributed by atoms with van der Waals surface area (Å²) in [5.74, 6) is 5.39. The summed E-state index contributed by atoms with van der Waals surface area (Å²) in [6, 6.07) is 10.4. The van der Waals surface area contributed by atoms with Gasteiger partial charge in [-0.15, -0.1) is 0 Å². The maximum atomic E-state index is 12.6. The molecule has 0 unspecified atom stereocenters. The van der Waals surface area contributed by atoms with Crippen molar-refractivity contribution in [3.8, 4) is 17.6 Å². The van der Waals surface area contributed by atoms with Gasteiger partial charge in [0.1, 0.15) is 5.75 Å². The van der Waals surface area contributed by atoms with E-state index in [1.807, 2.05) is 0 Å². The molecule has 0 aliphatic heterocycles. The molecule has 2 aromatic rings. The molecule has 0 heterocycles. The molecule has 0 saturated heterocycles. The van der Waals surface area contributed by atoms with Crippen molar-refractivity contribution >= 4 is 10.0 Å². The van der Waals surface area contributed by atoms with Crippen molar-refractivity contribution in [1.82, 2.24) is 4.72 Å². The van der Waals surface area contributed by atoms with Crippen LogP contribution in [-0.4, -0.2) is 22.1 Å². The van der Waals surface area contributed by atoms with Gasteiger partial charge in [-0.1, -0.05) is 24.0 Å². The minimum atomic E-state index is -4.45. The Morgan fingerprint density at radius 1 is 1.12 bits per heavy atom. The van der Waals surface area contributed by atoms with E-state index >= 15 is 0 Å². The Bertz CT molecular complexity index is 912. The lowest BCUT2D eigenvalue weighted by Crippen LogP contribution is -2.24. The van der Waals surface area contributed by atoms with Gasteiger partial charge in [-0.3, -0.25) is 0 Å². The van der Waals surface area contributed by atoms with Crippen LogP contribution in [0.1, 0.15) is 11.1 Å². The number of hydrogen-bond acceptors (Lipinski definition) is 3. The summed E-state index contributed by atoms with van der Waals surface area (Å²) in [5, 5.41) is 0. The second-order valence-corrected chi connectivity index (χ2v) is 6.65. The number of hydrogen-bond donors (Lipinski definition) is 1. The van der Waals surface area contributed by atoms with Crippen molar-refractivity contribution in [2.75, 3.05) is 13.7 Å². The summed E-state index contributed by atoms with van der Waals surface area (Å²) in [5.41, 5.74) is -0.660. The Labute approximate surface area is 143 Å². The summed E-state index contributed by atoms with van der Waals surface area (Å²) >= 11 is 0. The average Bonchev–Trinajstić information content (AvgIpc) is 2.58. The van der Waals surface area contributed by atoms with E-state index in [1.165, 1.54) is 37.4 Å². The van der Waals surface area contributed by atoms with Crippen LogP contribution in [-0.2, 0) is 16.2 Å². The second kappa shape index (κ2) is 7.59. The Balaban J connectivity index is 2.07. The molecule has 132 valence electrons. The fourth-order valence-corrected chi connectivity index (χ4v) is 2.86. The van der Waals surface area contributed by atoms with Crippen LogP contribution < -0.4 is 9.46 Å². The monoisotopic (exact) mass is 369 g/mol. The molecule has 0 aromatic heterocycles. The maximum Gasteiger partial charge on any atom is 0.416 e. The molecule has 0 atom stereocenters. The molecule has 8 heteroatoms. The number of ether oxygens (including phenoxy) is 1. The number of halogens is 3. The molecule has 0 amide bonds. The van der Waals surface area contributed by atoms with Crippen LogP contribution in [0.4, 0.5) is 13.2 Å². The van der Waals surface area contributed by atoms with Crippen LogP contribution in [0.25, 0.3) is 0 Å². The zero-order valence-corrected chi connectivity index (χ0v) is 13.9. The number of sulfonamides is 1. The first kappa shape index (κ1) is 18.8. The van der Waals surface area contributed by atoms with Crippen LogP contribution in [0.3, 0.4) is 0 Å². The fraction of sp³-hybridized carbons (Fsp3) is 0.176. The van der Waals surface area contributed by atoms with Crippen LogP contribution in [0.15, 0.2) is 53.4 Å². The molecular formula is C17H14F3NO3S. The minimum Gasteiger partial charge on any atom is -0.497 e. The largest absolute Gasteiger partial charge is 0.497 e. The van der Waals surface area contributed by atoms with E-state index in [9.17, 15) is 21.6 Å². The highest BCUT2D eigenvalue weighted by Crippen LogP contribution is 2.29. The molecule has 0 aliphatic carbocycles. The standard InChI is InChI=1S/C17H14F3NO3S/c1-24-15-8-3-9-16(12-15)25(22,23)21-10-4-6-13-5-2-7-14(11-13)17(18,19)20/h2-3,5,7-9,11-12,21H,10H2,1H3. The van der Waals surface area contributed by atoms with E-state index in [4.69, 9.17) is 4.74 Å². The third-order valence-electron chi connectivity index (χ3n) is 3.12. The number of benzene rings is 2. The Kier molecular flexibility index (Phi) is 5.72. The van der Waals surface area contributed by atoms with Gasteiger partial charge in [0.25, 0.3) is 0 Å². The third kappa shape index (κ3) is 5.24. The summed E-state index contributed by atoms with van der Waals surface area (Å²) in [4.78, 5) is 0.00715. The van der Waals surface area contributed by atoms with Crippen molar-refractivity contribution in [1.29, 1.82) is 0 Å². The lowest BCUT2D eigenvalue weighted by Gasteiger charge is -2.06. The molecule has 4 nitrogen and oxygen atoms in total. The molecule has 2 rings (SSSR count). The lowest BCUT2D eigenvalue weighted by molar-refractivity contribution is -0.137. The van der Waals surface area contributed by atoms with Crippen molar-refractivity contribution in [3.05, 3.63) is 59.7 Å². The van der Waals surface area contributed by atoms with Crippen molar-refractivity contribution in [3.63, 3.8) is 0 Å². The quantitative estimate of drug-likeness (QED) is 0.843. The van der Waals surface area contributed by atoms with Gasteiger partial charge in [-0.05, 0) is 30.3 Å². The highest BCUT2D eigenvalue weighted by molar-refractivity contribution is 7.89. The molecule has 1 N–H and O–H groups in total. The molecule has 25 heavy (non-hydrogen) atoms. The summed E-state index contributed by atoms with van der Waals surface area (Å²) in [7, 11) is -2.37. The van der Waals surface area contributed by atoms with E-state index in [1.54, 1.807) is 6.07 Å². The van der Waals surface area contributed by atoms with E-state index in [0.29, 0.717) is 5.75 Å². The van der Waals surface area contributed by atoms with Crippen LogP contribution in [0.5, 0.6) is 5.75 Å². The number of methoxy groups -OCH3 is 1. The predicted octanol–water partition coefficient (Wildman–Crippen LogP) is 3.04. The fourth-order valence-electron chi connectivity index (χ4n) is 1.90. The Morgan fingerprint density at radius 3 is 2.52 bits per heavy atom. The van der Waals surface area contributed by atoms with Crippen molar-refractivity contribution in [2.24, 2.45) is 0 Å². The maximum absolute atomic E-state index is 12.6. The van der Waals surface area contributed by atoms with Gasteiger partial charge >= 0.3 is 6.18 Å². The van der Waals surface area contributed by atoms with Crippen molar-refractivity contribution in [2.45, 2.75) is 11.1 Å². The zero-order valence-electron chi connectivity index (χ0n) is 13.1. The molecule has 0 spiro atoms. The topological polar surface area (TPSA) is 55.4 Å². The van der Waals surface area contributed by atoms with E-state index < -0.39 is 21.8 Å². The zero-order chi connectivity index (χ0) is 18.5. The molecular weight excluding hydrogens is 355 g/mol. The van der Waals surface area contributed by atoms with E-state index in [0.717, 1.165) is 12.1 Å². The number of nitrogens with one attached hydrogen (secondary N) is 1. The highest BCUT2D eigenvalue weighted by atomic mass is 32.2. The number of alkyl halides is 3. The first-order valence-electron chi connectivity index (χ1n) is 7.02. The second-order valence-electron chi connectivity index (χ2n) is 4.88. The van der Waals surface area contributed by atoms with Gasteiger partial charge in [0, 0.05) is 11.6 Å². The molecule has 2 aromatic carbocycles. The summed E-state index contributed by atoms with van der Waals surface area (Å²) < 4.78 is 69.3. The lowest BCUT2D eigenvalue weighted by atomic mass is 10.1. The normalized spacial score (nSPS) is 11.5. The Morgan fingerprint density at radius 2 is 1.84 bits per heavy atom. The van der Waals surface area contributed by atoms with Gasteiger partial charge < -0.3 is 4.74 Å². The minimum absolute atomic E-state index is 0.00715. The Hall–Kier alpha value is -2.50. The van der Waals surface area contributed by atoms with Crippen molar-refractivity contribution < 1.29 is 26.3 Å². The third-order valence-corrected chi connectivity index (χ3v) is 4.52. The summed E-state index contributed by atoms with van der Waals surface area (Å²) in [6.45, 7) is -0.240. The van der Waals surface area contributed by atoms with Crippen LogP contribution in [0.2, 0.25) is 0 Å². The first-order chi connectivity index (χ1) is 11.7. The van der Waals surface area contributed by atoms with Gasteiger partial charge in [-0.2, -0.15) is 17.9 Å². The first-order valence-corrected chi connectivity index (χ1v) is 8.50. The van der Waals surface area contributed by atoms with Gasteiger partial charge in [-0.25, -0.2) is 8.42 Å². The van der Waals surface area contributed by atoms with Gasteiger partial charge in [0.05, 0.1) is 24.1 Å². The number of rotatable bonds is 4. The smallest absolute Gasteiger partial charge is 0.416 e. The highest BCUT2D eigenvalue weighted by Gasteiger charge is 2.30. The summed E-state index contributed by atoms with van der Waals surface area (Å²) in [6.07, 6.45) is -4.45. The van der Waals surface area contributed by atoms with Crippen LogP contribution in [0, 0.1) is 11.8 Å². The molecule has 0 fully saturated rings. The average molecular weight is 369 g/mol. The predicted molar refractivity (Wildman–Crippen MR) is 86.5 cm³/mol.